The van der Waals surface area contributed by atoms with Gasteiger partial charge in [0.05, 0.1) is 30.5 Å². The van der Waals surface area contributed by atoms with Gasteiger partial charge in [-0.25, -0.2) is 13.8 Å². The summed E-state index contributed by atoms with van der Waals surface area (Å²) in [5.41, 5.74) is 4.15. The average Bonchev–Trinajstić information content (AvgIpc) is 2.85. The number of nitrogens with one attached hydrogen (secondary N) is 1. The van der Waals surface area contributed by atoms with Crippen LogP contribution in [-0.2, 0) is 14.8 Å². The molecule has 0 spiro atoms. The normalized spacial score (nSPS) is 11.6. The number of halogens is 1. The summed E-state index contributed by atoms with van der Waals surface area (Å²) in [7, 11) is -1.13. The van der Waals surface area contributed by atoms with Gasteiger partial charge in [0.15, 0.2) is 11.5 Å². The first kappa shape index (κ1) is 25.5. The number of hydrogen-bond acceptors (Lipinski definition) is 6. The van der Waals surface area contributed by atoms with Crippen LogP contribution in [0, 0.1) is 3.57 Å². The Morgan fingerprint density at radius 1 is 0.971 bits per heavy atom. The molecule has 3 aromatic carbocycles. The number of rotatable bonds is 9. The third kappa shape index (κ3) is 6.06. The van der Waals surface area contributed by atoms with E-state index in [-0.39, 0.29) is 10.6 Å². The summed E-state index contributed by atoms with van der Waals surface area (Å²) < 4.78 is 39.5. The standard InChI is InChI=1S/C24H24IN3O5S/c1-17(18-8-7-9-19(25)14-18)26-27-24(29)16-28(34(30,31)21-10-5-4-6-11-21)20-12-13-22(32-2)23(15-20)33-3/h4-15H,16H2,1-3H3,(H,27,29)/b26-17-. The van der Waals surface area contributed by atoms with E-state index in [0.717, 1.165) is 13.4 Å². The highest BCUT2D eigenvalue weighted by atomic mass is 127. The second-order valence-electron chi connectivity index (χ2n) is 7.11. The molecular weight excluding hydrogens is 569 g/mol. The van der Waals surface area contributed by atoms with Crippen molar-refractivity contribution in [3.63, 3.8) is 0 Å². The molecule has 34 heavy (non-hydrogen) atoms. The quantitative estimate of drug-likeness (QED) is 0.230. The van der Waals surface area contributed by atoms with E-state index < -0.39 is 22.5 Å². The first-order valence-electron chi connectivity index (χ1n) is 10.1. The molecule has 0 atom stereocenters. The van der Waals surface area contributed by atoms with Gasteiger partial charge in [-0.15, -0.1) is 0 Å². The van der Waals surface area contributed by atoms with Crippen molar-refractivity contribution in [2.45, 2.75) is 11.8 Å². The number of amides is 1. The Balaban J connectivity index is 1.93. The molecule has 1 amide bonds. The second-order valence-corrected chi connectivity index (χ2v) is 10.2. The van der Waals surface area contributed by atoms with E-state index in [9.17, 15) is 13.2 Å². The number of hydrogen-bond donors (Lipinski definition) is 1. The van der Waals surface area contributed by atoms with E-state index in [1.54, 1.807) is 37.3 Å². The summed E-state index contributed by atoms with van der Waals surface area (Å²) in [4.78, 5) is 12.9. The molecular formula is C24H24IN3O5S. The van der Waals surface area contributed by atoms with Gasteiger partial charge in [-0.05, 0) is 71.5 Å². The van der Waals surface area contributed by atoms with E-state index in [0.29, 0.717) is 17.2 Å². The average molecular weight is 593 g/mol. The lowest BCUT2D eigenvalue weighted by molar-refractivity contribution is -0.119. The maximum Gasteiger partial charge on any atom is 0.264 e. The van der Waals surface area contributed by atoms with Gasteiger partial charge in [0.2, 0.25) is 0 Å². The number of anilines is 1. The van der Waals surface area contributed by atoms with Crippen molar-refractivity contribution in [2.24, 2.45) is 5.10 Å². The van der Waals surface area contributed by atoms with Gasteiger partial charge in [0.25, 0.3) is 15.9 Å². The zero-order valence-corrected chi connectivity index (χ0v) is 21.8. The van der Waals surface area contributed by atoms with Crippen LogP contribution in [0.2, 0.25) is 0 Å². The predicted octanol–water partition coefficient (Wildman–Crippen LogP) is 4.04. The molecule has 8 nitrogen and oxygen atoms in total. The number of carbonyl (C=O) groups is 1. The Labute approximate surface area is 212 Å². The molecule has 0 aromatic heterocycles. The van der Waals surface area contributed by atoms with Crippen LogP contribution in [-0.4, -0.2) is 40.8 Å². The molecule has 1 N–H and O–H groups in total. The predicted molar refractivity (Wildman–Crippen MR) is 140 cm³/mol. The largest absolute Gasteiger partial charge is 0.493 e. The fraction of sp³-hybridized carbons (Fsp3) is 0.167. The van der Waals surface area contributed by atoms with Gasteiger partial charge in [-0.3, -0.25) is 9.10 Å². The molecule has 0 saturated heterocycles. The van der Waals surface area contributed by atoms with Crippen LogP contribution in [0.15, 0.2) is 82.8 Å². The molecule has 0 heterocycles. The summed E-state index contributed by atoms with van der Waals surface area (Å²) >= 11 is 2.19. The van der Waals surface area contributed by atoms with Crippen LogP contribution >= 0.6 is 22.6 Å². The number of hydrazone groups is 1. The first-order valence-corrected chi connectivity index (χ1v) is 12.7. The Hall–Kier alpha value is -3.12. The van der Waals surface area contributed by atoms with Crippen molar-refractivity contribution >= 4 is 49.9 Å². The van der Waals surface area contributed by atoms with Crippen LogP contribution in [0.1, 0.15) is 12.5 Å². The van der Waals surface area contributed by atoms with Gasteiger partial charge in [0.1, 0.15) is 6.54 Å². The molecule has 0 unspecified atom stereocenters. The number of benzene rings is 3. The zero-order valence-electron chi connectivity index (χ0n) is 18.9. The third-order valence-electron chi connectivity index (χ3n) is 4.86. The number of nitrogens with zero attached hydrogens (tertiary/aromatic N) is 2. The van der Waals surface area contributed by atoms with Crippen molar-refractivity contribution in [3.05, 3.63) is 81.9 Å². The van der Waals surface area contributed by atoms with Crippen LogP contribution in [0.3, 0.4) is 0 Å². The minimum absolute atomic E-state index is 0.0520. The molecule has 0 radical (unpaired) electrons. The van der Waals surface area contributed by atoms with Crippen molar-refractivity contribution in [3.8, 4) is 11.5 Å². The van der Waals surface area contributed by atoms with Gasteiger partial charge in [0, 0.05) is 9.64 Å². The van der Waals surface area contributed by atoms with E-state index in [4.69, 9.17) is 9.47 Å². The maximum atomic E-state index is 13.5. The first-order chi connectivity index (χ1) is 16.3. The van der Waals surface area contributed by atoms with Gasteiger partial charge >= 0.3 is 0 Å². The Morgan fingerprint density at radius 2 is 1.68 bits per heavy atom. The summed E-state index contributed by atoms with van der Waals surface area (Å²) in [6.45, 7) is 1.27. The van der Waals surface area contributed by atoms with E-state index >= 15 is 0 Å². The molecule has 0 aliphatic carbocycles. The number of methoxy groups -OCH3 is 2. The monoisotopic (exact) mass is 593 g/mol. The SMILES string of the molecule is COc1ccc(N(CC(=O)N/N=C(/C)c2cccc(I)c2)S(=O)(=O)c2ccccc2)cc1OC. The molecule has 3 rings (SSSR count). The summed E-state index contributed by atoms with van der Waals surface area (Å²) in [5, 5.41) is 4.15. The van der Waals surface area contributed by atoms with Gasteiger partial charge in [-0.2, -0.15) is 5.10 Å². The molecule has 0 saturated carbocycles. The van der Waals surface area contributed by atoms with Crippen LogP contribution in [0.5, 0.6) is 11.5 Å². The molecule has 0 bridgehead atoms. The van der Waals surface area contributed by atoms with Gasteiger partial charge in [-0.1, -0.05) is 30.3 Å². The lowest BCUT2D eigenvalue weighted by Gasteiger charge is -2.24. The minimum Gasteiger partial charge on any atom is -0.493 e. The molecule has 3 aromatic rings. The fourth-order valence-corrected chi connectivity index (χ4v) is 5.08. The van der Waals surface area contributed by atoms with Crippen LogP contribution in [0.25, 0.3) is 0 Å². The van der Waals surface area contributed by atoms with Crippen molar-refractivity contribution < 1.29 is 22.7 Å². The molecule has 178 valence electrons. The number of carbonyl (C=O) groups excluding carboxylic acids is 1. The lowest BCUT2D eigenvalue weighted by atomic mass is 10.1. The van der Waals surface area contributed by atoms with Crippen LogP contribution in [0.4, 0.5) is 5.69 Å². The highest BCUT2D eigenvalue weighted by Crippen LogP contribution is 2.33. The molecule has 0 fully saturated rings. The molecule has 0 aliphatic rings. The summed E-state index contributed by atoms with van der Waals surface area (Å²) in [6, 6.07) is 20.2. The smallest absolute Gasteiger partial charge is 0.264 e. The van der Waals surface area contributed by atoms with E-state index in [2.05, 4.69) is 33.1 Å². The highest BCUT2D eigenvalue weighted by Gasteiger charge is 2.28. The molecule has 0 aliphatic heterocycles. The Morgan fingerprint density at radius 3 is 2.32 bits per heavy atom. The van der Waals surface area contributed by atoms with E-state index in [1.165, 1.54) is 32.4 Å². The molecule has 10 heteroatoms. The van der Waals surface area contributed by atoms with Crippen LogP contribution < -0.4 is 19.2 Å². The fourth-order valence-electron chi connectivity index (χ4n) is 3.10. The topological polar surface area (TPSA) is 97.3 Å². The van der Waals surface area contributed by atoms with Crippen molar-refractivity contribution in [1.82, 2.24) is 5.43 Å². The minimum atomic E-state index is -4.06. The number of ether oxygens (including phenoxy) is 2. The lowest BCUT2D eigenvalue weighted by Crippen LogP contribution is -2.39. The summed E-state index contributed by atoms with van der Waals surface area (Å²) in [6.07, 6.45) is 0. The third-order valence-corrected chi connectivity index (χ3v) is 7.32. The second kappa shape index (κ2) is 11.3. The Bertz CT molecular complexity index is 1300. The van der Waals surface area contributed by atoms with Crippen molar-refractivity contribution in [1.29, 1.82) is 0 Å². The van der Waals surface area contributed by atoms with Gasteiger partial charge < -0.3 is 9.47 Å². The summed E-state index contributed by atoms with van der Waals surface area (Å²) in [5.74, 6) is 0.172. The van der Waals surface area contributed by atoms with Crippen molar-refractivity contribution in [2.75, 3.05) is 25.1 Å². The Kier molecular flexibility index (Phi) is 8.51. The van der Waals surface area contributed by atoms with E-state index in [1.807, 2.05) is 24.3 Å². The maximum absolute atomic E-state index is 13.5. The highest BCUT2D eigenvalue weighted by molar-refractivity contribution is 14.1. The number of sulfonamides is 1. The zero-order chi connectivity index (χ0) is 24.7.